The van der Waals surface area contributed by atoms with E-state index in [1.807, 2.05) is 57.4 Å². The van der Waals surface area contributed by atoms with Crippen LogP contribution in [0.4, 0.5) is 0 Å². The van der Waals surface area contributed by atoms with Gasteiger partial charge in [-0.1, -0.05) is 18.2 Å². The lowest BCUT2D eigenvalue weighted by Gasteiger charge is -2.15. The van der Waals surface area contributed by atoms with Gasteiger partial charge in [0.15, 0.2) is 0 Å². The molecule has 0 bridgehead atoms. The number of hydrogen-bond donors (Lipinski definition) is 1. The summed E-state index contributed by atoms with van der Waals surface area (Å²) in [5.41, 5.74) is 3.54. The quantitative estimate of drug-likeness (QED) is 0.698. The Bertz CT molecular complexity index is 947. The first-order valence-corrected chi connectivity index (χ1v) is 9.04. The first kappa shape index (κ1) is 18.9. The molecule has 0 saturated heterocycles. The van der Waals surface area contributed by atoms with Gasteiger partial charge in [-0.2, -0.15) is 0 Å². The molecule has 0 aliphatic rings. The summed E-state index contributed by atoms with van der Waals surface area (Å²) < 4.78 is 8.14. The Kier molecular flexibility index (Phi) is 5.76. The standard InChI is InChI=1S/C21H26N4O2/c1-15-23-18-13-16(21(26)22-2)9-10-19(18)25(15)14-17-7-5-6-8-20(17)27-12-11-24(3)4/h5-10,13H,11-12,14H2,1-4H3,(H,22,26). The highest BCUT2D eigenvalue weighted by atomic mass is 16.5. The van der Waals surface area contributed by atoms with Crippen molar-refractivity contribution in [2.75, 3.05) is 34.3 Å². The summed E-state index contributed by atoms with van der Waals surface area (Å²) in [7, 11) is 5.69. The number of fused-ring (bicyclic) bond motifs is 1. The average Bonchev–Trinajstić information content (AvgIpc) is 2.96. The first-order valence-electron chi connectivity index (χ1n) is 9.04. The minimum absolute atomic E-state index is 0.108. The number of hydrogen-bond acceptors (Lipinski definition) is 4. The van der Waals surface area contributed by atoms with Gasteiger partial charge in [0.1, 0.15) is 18.2 Å². The molecule has 0 unspecified atom stereocenters. The maximum absolute atomic E-state index is 11.9. The molecule has 0 atom stereocenters. The fourth-order valence-electron chi connectivity index (χ4n) is 3.02. The number of ether oxygens (including phenoxy) is 1. The minimum Gasteiger partial charge on any atom is -0.492 e. The summed E-state index contributed by atoms with van der Waals surface area (Å²) in [6.07, 6.45) is 0. The minimum atomic E-state index is -0.108. The monoisotopic (exact) mass is 366 g/mol. The zero-order valence-corrected chi connectivity index (χ0v) is 16.3. The van der Waals surface area contributed by atoms with Crippen LogP contribution in [0, 0.1) is 6.92 Å². The van der Waals surface area contributed by atoms with Crippen LogP contribution in [0.15, 0.2) is 42.5 Å². The summed E-state index contributed by atoms with van der Waals surface area (Å²) in [4.78, 5) is 18.6. The molecule has 142 valence electrons. The van der Waals surface area contributed by atoms with E-state index in [0.29, 0.717) is 18.7 Å². The predicted molar refractivity (Wildman–Crippen MR) is 107 cm³/mol. The van der Waals surface area contributed by atoms with Crippen molar-refractivity contribution in [3.05, 3.63) is 59.4 Å². The van der Waals surface area contributed by atoms with Crippen LogP contribution < -0.4 is 10.1 Å². The van der Waals surface area contributed by atoms with Crippen LogP contribution in [-0.4, -0.2) is 54.7 Å². The molecular formula is C21H26N4O2. The van der Waals surface area contributed by atoms with Crippen molar-refractivity contribution in [3.63, 3.8) is 0 Å². The molecule has 0 fully saturated rings. The van der Waals surface area contributed by atoms with E-state index in [1.54, 1.807) is 7.05 Å². The van der Waals surface area contributed by atoms with Gasteiger partial charge in [0.25, 0.3) is 5.91 Å². The number of imidazole rings is 1. The van der Waals surface area contributed by atoms with Gasteiger partial charge in [0, 0.05) is 24.7 Å². The highest BCUT2D eigenvalue weighted by Crippen LogP contribution is 2.24. The number of likely N-dealkylation sites (N-methyl/N-ethyl adjacent to an activating group) is 1. The van der Waals surface area contributed by atoms with Gasteiger partial charge < -0.3 is 19.5 Å². The van der Waals surface area contributed by atoms with Gasteiger partial charge in [0.05, 0.1) is 17.6 Å². The summed E-state index contributed by atoms with van der Waals surface area (Å²) in [5, 5.41) is 2.65. The van der Waals surface area contributed by atoms with Crippen LogP contribution in [0.5, 0.6) is 5.75 Å². The number of para-hydroxylation sites is 1. The van der Waals surface area contributed by atoms with Crippen LogP contribution in [0.3, 0.4) is 0 Å². The molecule has 2 aromatic carbocycles. The van der Waals surface area contributed by atoms with Crippen LogP contribution in [0.25, 0.3) is 11.0 Å². The maximum atomic E-state index is 11.9. The molecule has 27 heavy (non-hydrogen) atoms. The summed E-state index contributed by atoms with van der Waals surface area (Å²) >= 11 is 0. The van der Waals surface area contributed by atoms with E-state index in [9.17, 15) is 4.79 Å². The first-order chi connectivity index (χ1) is 13.0. The Morgan fingerprint density at radius 1 is 1.22 bits per heavy atom. The fraction of sp³-hybridized carbons (Fsp3) is 0.333. The normalized spacial score (nSPS) is 11.1. The maximum Gasteiger partial charge on any atom is 0.251 e. The number of aromatic nitrogens is 2. The van der Waals surface area contributed by atoms with Crippen molar-refractivity contribution in [1.29, 1.82) is 0 Å². The summed E-state index contributed by atoms with van der Waals surface area (Å²) in [6.45, 7) is 4.15. The van der Waals surface area contributed by atoms with Crippen LogP contribution >= 0.6 is 0 Å². The highest BCUT2D eigenvalue weighted by molar-refractivity contribution is 5.97. The third kappa shape index (κ3) is 4.28. The van der Waals surface area contributed by atoms with E-state index in [2.05, 4.69) is 25.8 Å². The SMILES string of the molecule is CNC(=O)c1ccc2c(c1)nc(C)n2Cc1ccccc1OCCN(C)C. The molecule has 0 radical (unpaired) electrons. The second-order valence-electron chi connectivity index (χ2n) is 6.79. The van der Waals surface area contributed by atoms with Gasteiger partial charge >= 0.3 is 0 Å². The van der Waals surface area contributed by atoms with Gasteiger partial charge in [0.2, 0.25) is 0 Å². The molecule has 1 amide bonds. The summed E-state index contributed by atoms with van der Waals surface area (Å²) in [6, 6.07) is 13.7. The Morgan fingerprint density at radius 2 is 2.00 bits per heavy atom. The highest BCUT2D eigenvalue weighted by Gasteiger charge is 2.13. The lowest BCUT2D eigenvalue weighted by Crippen LogP contribution is -2.20. The third-order valence-electron chi connectivity index (χ3n) is 4.53. The van der Waals surface area contributed by atoms with Crippen molar-refractivity contribution in [3.8, 4) is 5.75 Å². The van der Waals surface area contributed by atoms with E-state index in [4.69, 9.17) is 4.74 Å². The average molecular weight is 366 g/mol. The van der Waals surface area contributed by atoms with Gasteiger partial charge in [-0.25, -0.2) is 4.98 Å². The molecular weight excluding hydrogens is 340 g/mol. The smallest absolute Gasteiger partial charge is 0.251 e. The topological polar surface area (TPSA) is 59.4 Å². The number of carbonyl (C=O) groups excluding carboxylic acids is 1. The number of nitrogens with one attached hydrogen (secondary N) is 1. The Balaban J connectivity index is 1.89. The molecule has 0 spiro atoms. The molecule has 0 aliphatic carbocycles. The second kappa shape index (κ2) is 8.22. The molecule has 6 nitrogen and oxygen atoms in total. The number of amides is 1. The van der Waals surface area contributed by atoms with Crippen molar-refractivity contribution in [2.24, 2.45) is 0 Å². The zero-order chi connectivity index (χ0) is 19.4. The lowest BCUT2D eigenvalue weighted by molar-refractivity contribution is 0.0963. The predicted octanol–water partition coefficient (Wildman–Crippen LogP) is 2.69. The van der Waals surface area contributed by atoms with Crippen molar-refractivity contribution in [1.82, 2.24) is 19.8 Å². The third-order valence-corrected chi connectivity index (χ3v) is 4.53. The van der Waals surface area contributed by atoms with E-state index < -0.39 is 0 Å². The molecule has 1 N–H and O–H groups in total. The van der Waals surface area contributed by atoms with Gasteiger partial charge in [-0.3, -0.25) is 4.79 Å². The Hall–Kier alpha value is -2.86. The van der Waals surface area contributed by atoms with Gasteiger partial charge in [-0.05, 0) is 45.3 Å². The van der Waals surface area contributed by atoms with Crippen molar-refractivity contribution in [2.45, 2.75) is 13.5 Å². The number of benzene rings is 2. The largest absolute Gasteiger partial charge is 0.492 e. The fourth-order valence-corrected chi connectivity index (χ4v) is 3.02. The molecule has 3 aromatic rings. The van der Waals surface area contributed by atoms with E-state index in [1.165, 1.54) is 0 Å². The molecule has 3 rings (SSSR count). The van der Waals surface area contributed by atoms with Crippen molar-refractivity contribution < 1.29 is 9.53 Å². The number of nitrogens with zero attached hydrogens (tertiary/aromatic N) is 3. The molecule has 6 heteroatoms. The van der Waals surface area contributed by atoms with E-state index in [0.717, 1.165) is 34.7 Å². The lowest BCUT2D eigenvalue weighted by atomic mass is 10.1. The number of aryl methyl sites for hydroxylation is 1. The second-order valence-corrected chi connectivity index (χ2v) is 6.79. The van der Waals surface area contributed by atoms with E-state index in [-0.39, 0.29) is 5.91 Å². The van der Waals surface area contributed by atoms with E-state index >= 15 is 0 Å². The Labute approximate surface area is 159 Å². The molecule has 0 saturated carbocycles. The van der Waals surface area contributed by atoms with Crippen LogP contribution in [0.2, 0.25) is 0 Å². The zero-order valence-electron chi connectivity index (χ0n) is 16.3. The molecule has 1 heterocycles. The number of carbonyl (C=O) groups is 1. The number of rotatable bonds is 7. The molecule has 1 aromatic heterocycles. The summed E-state index contributed by atoms with van der Waals surface area (Å²) in [5.74, 6) is 1.69. The van der Waals surface area contributed by atoms with Crippen LogP contribution in [0.1, 0.15) is 21.7 Å². The van der Waals surface area contributed by atoms with Gasteiger partial charge in [-0.15, -0.1) is 0 Å². The van der Waals surface area contributed by atoms with Crippen LogP contribution in [-0.2, 0) is 6.54 Å². The van der Waals surface area contributed by atoms with Crippen molar-refractivity contribution >= 4 is 16.9 Å². The Morgan fingerprint density at radius 3 is 2.74 bits per heavy atom. The molecule has 0 aliphatic heterocycles.